The minimum Gasteiger partial charge on any atom is -0.369 e. The van der Waals surface area contributed by atoms with E-state index >= 15 is 0 Å². The topological polar surface area (TPSA) is 43.1 Å². The lowest BCUT2D eigenvalue weighted by molar-refractivity contribution is -0.186. The number of carbonyl (C=O) groups is 1. The van der Waals surface area contributed by atoms with Crippen LogP contribution in [0.4, 0.5) is 0 Å². The second-order valence-corrected chi connectivity index (χ2v) is 5.22. The molecule has 3 fully saturated rings. The summed E-state index contributed by atoms with van der Waals surface area (Å²) in [5.41, 5.74) is 5.42. The predicted molar refractivity (Wildman–Crippen MR) is 51.6 cm³/mol. The molecule has 3 rings (SSSR count). The molecule has 0 saturated heterocycles. The summed E-state index contributed by atoms with van der Waals surface area (Å²) in [6.45, 7) is 6.51. The lowest BCUT2D eigenvalue weighted by Gasteiger charge is -2.66. The first-order valence-electron chi connectivity index (χ1n) is 5.06. The third-order valence-corrected chi connectivity index (χ3v) is 4.73. The molecule has 1 amide bonds. The van der Waals surface area contributed by atoms with E-state index in [0.29, 0.717) is 11.8 Å². The summed E-state index contributed by atoms with van der Waals surface area (Å²) < 4.78 is 0. The van der Waals surface area contributed by atoms with Gasteiger partial charge in [0.2, 0.25) is 5.91 Å². The number of fused-ring (bicyclic) bond motifs is 2. The predicted octanol–water partition coefficient (Wildman–Crippen LogP) is 1.75. The third-order valence-electron chi connectivity index (χ3n) is 4.73. The van der Waals surface area contributed by atoms with Crippen molar-refractivity contribution in [3.05, 3.63) is 6.42 Å². The Hall–Kier alpha value is -0.530. The number of hydrogen-bond acceptors (Lipinski definition) is 1. The van der Waals surface area contributed by atoms with E-state index in [4.69, 9.17) is 5.73 Å². The van der Waals surface area contributed by atoms with E-state index in [2.05, 4.69) is 27.2 Å². The van der Waals surface area contributed by atoms with Crippen LogP contribution >= 0.6 is 0 Å². The van der Waals surface area contributed by atoms with Gasteiger partial charge in [0.25, 0.3) is 0 Å². The summed E-state index contributed by atoms with van der Waals surface area (Å²) in [5, 5.41) is 0. The average molecular weight is 180 g/mol. The lowest BCUT2D eigenvalue weighted by Crippen LogP contribution is -2.67. The molecule has 2 N–H and O–H groups in total. The molecule has 2 bridgehead atoms. The Morgan fingerprint density at radius 1 is 1.54 bits per heavy atom. The van der Waals surface area contributed by atoms with E-state index in [0.717, 1.165) is 12.8 Å². The zero-order valence-electron chi connectivity index (χ0n) is 8.63. The molecule has 0 heterocycles. The van der Waals surface area contributed by atoms with Gasteiger partial charge >= 0.3 is 0 Å². The zero-order chi connectivity index (χ0) is 9.85. The molecule has 2 heteroatoms. The highest BCUT2D eigenvalue weighted by atomic mass is 16.1. The van der Waals surface area contributed by atoms with Gasteiger partial charge in [-0.25, -0.2) is 0 Å². The van der Waals surface area contributed by atoms with Gasteiger partial charge in [-0.1, -0.05) is 20.8 Å². The normalized spacial score (nSPS) is 46.7. The minimum atomic E-state index is -0.240. The average Bonchev–Trinajstić information content (AvgIpc) is 2.02. The van der Waals surface area contributed by atoms with E-state index in [1.54, 1.807) is 0 Å². The Kier molecular flexibility index (Phi) is 1.59. The molecule has 2 nitrogen and oxygen atoms in total. The molecule has 0 unspecified atom stereocenters. The first kappa shape index (κ1) is 9.04. The van der Waals surface area contributed by atoms with Crippen LogP contribution in [0.3, 0.4) is 0 Å². The molecule has 0 aliphatic heterocycles. The number of primary amides is 1. The highest BCUT2D eigenvalue weighted by Gasteiger charge is 2.67. The van der Waals surface area contributed by atoms with Crippen LogP contribution in [0.2, 0.25) is 0 Å². The first-order valence-corrected chi connectivity index (χ1v) is 5.06. The summed E-state index contributed by atoms with van der Waals surface area (Å²) in [6.07, 6.45) is 4.43. The fourth-order valence-corrected chi connectivity index (χ4v) is 3.50. The molecule has 0 aromatic heterocycles. The third kappa shape index (κ3) is 0.773. The maximum atomic E-state index is 11.5. The largest absolute Gasteiger partial charge is 0.369 e. The van der Waals surface area contributed by atoms with Crippen molar-refractivity contribution in [2.75, 3.05) is 0 Å². The van der Waals surface area contributed by atoms with Crippen molar-refractivity contribution in [3.8, 4) is 0 Å². The standard InChI is InChI=1S/C11H18NO/c1-7-4-5-8-6-11(7,9(12)13)10(8,2)3/h4,7-8H,5-6H2,1-3H3,(H2,12,13)/t7-,8+,11+/m0/s1. The maximum absolute atomic E-state index is 11.5. The van der Waals surface area contributed by atoms with Gasteiger partial charge in [-0.2, -0.15) is 0 Å². The molecule has 3 aliphatic rings. The van der Waals surface area contributed by atoms with Crippen LogP contribution < -0.4 is 5.73 Å². The Morgan fingerprint density at radius 2 is 2.15 bits per heavy atom. The van der Waals surface area contributed by atoms with Crippen molar-refractivity contribution in [2.24, 2.45) is 28.4 Å². The van der Waals surface area contributed by atoms with Gasteiger partial charge in [-0.05, 0) is 36.5 Å². The van der Waals surface area contributed by atoms with Crippen molar-refractivity contribution in [1.29, 1.82) is 0 Å². The van der Waals surface area contributed by atoms with Crippen molar-refractivity contribution < 1.29 is 4.79 Å². The van der Waals surface area contributed by atoms with Crippen LogP contribution in [0.5, 0.6) is 0 Å². The number of amides is 1. The van der Waals surface area contributed by atoms with Crippen molar-refractivity contribution in [3.63, 3.8) is 0 Å². The van der Waals surface area contributed by atoms with Crippen molar-refractivity contribution >= 4 is 5.91 Å². The number of rotatable bonds is 1. The first-order chi connectivity index (χ1) is 5.93. The summed E-state index contributed by atoms with van der Waals surface area (Å²) >= 11 is 0. The summed E-state index contributed by atoms with van der Waals surface area (Å²) in [7, 11) is 0. The molecular weight excluding hydrogens is 162 g/mol. The van der Waals surface area contributed by atoms with Crippen LogP contribution in [0, 0.1) is 29.1 Å². The van der Waals surface area contributed by atoms with Crippen molar-refractivity contribution in [2.45, 2.75) is 33.6 Å². The van der Waals surface area contributed by atoms with Crippen molar-refractivity contribution in [1.82, 2.24) is 0 Å². The van der Waals surface area contributed by atoms with E-state index in [9.17, 15) is 4.79 Å². The number of carbonyl (C=O) groups excluding carboxylic acids is 1. The van der Waals surface area contributed by atoms with Gasteiger partial charge in [0.15, 0.2) is 0 Å². The highest BCUT2D eigenvalue weighted by Crippen LogP contribution is 2.69. The summed E-state index contributed by atoms with van der Waals surface area (Å²) in [5.74, 6) is 0.929. The van der Waals surface area contributed by atoms with Gasteiger partial charge in [0, 0.05) is 0 Å². The molecule has 0 spiro atoms. The van der Waals surface area contributed by atoms with Crippen LogP contribution in [0.1, 0.15) is 33.6 Å². The SMILES string of the molecule is C[C@H]1[CH]C[C@@H]2C[C@@]1(C(N)=O)C2(C)C. The van der Waals surface area contributed by atoms with Gasteiger partial charge in [0.05, 0.1) is 5.41 Å². The second kappa shape index (κ2) is 2.28. The highest BCUT2D eigenvalue weighted by molar-refractivity contribution is 5.84. The monoisotopic (exact) mass is 180 g/mol. The molecule has 3 atom stereocenters. The molecular formula is C11H18NO. The quantitative estimate of drug-likeness (QED) is 0.656. The maximum Gasteiger partial charge on any atom is 0.224 e. The van der Waals surface area contributed by atoms with Gasteiger partial charge in [-0.15, -0.1) is 0 Å². The molecule has 0 aromatic carbocycles. The van der Waals surface area contributed by atoms with Gasteiger partial charge in [0.1, 0.15) is 0 Å². The molecule has 73 valence electrons. The Balaban J connectivity index is 2.39. The van der Waals surface area contributed by atoms with E-state index in [1.165, 1.54) is 0 Å². The molecule has 1 radical (unpaired) electrons. The Morgan fingerprint density at radius 3 is 2.46 bits per heavy atom. The van der Waals surface area contributed by atoms with Crippen LogP contribution in [-0.4, -0.2) is 5.91 Å². The summed E-state index contributed by atoms with van der Waals surface area (Å²) in [6, 6.07) is 0. The fraction of sp³-hybridized carbons (Fsp3) is 0.818. The molecule has 13 heavy (non-hydrogen) atoms. The molecule has 3 aliphatic carbocycles. The Bertz CT molecular complexity index is 259. The van der Waals surface area contributed by atoms with E-state index < -0.39 is 0 Å². The van der Waals surface area contributed by atoms with E-state index in [-0.39, 0.29) is 16.7 Å². The van der Waals surface area contributed by atoms with E-state index in [1.807, 2.05) is 0 Å². The number of hydrogen-bond donors (Lipinski definition) is 1. The summed E-state index contributed by atoms with van der Waals surface area (Å²) in [4.78, 5) is 11.5. The van der Waals surface area contributed by atoms with Crippen LogP contribution in [0.25, 0.3) is 0 Å². The Labute approximate surface area is 79.9 Å². The number of nitrogens with two attached hydrogens (primary N) is 1. The van der Waals surface area contributed by atoms with Gasteiger partial charge in [-0.3, -0.25) is 4.79 Å². The smallest absolute Gasteiger partial charge is 0.224 e. The molecule has 3 saturated carbocycles. The van der Waals surface area contributed by atoms with Crippen LogP contribution in [0.15, 0.2) is 0 Å². The fourth-order valence-electron chi connectivity index (χ4n) is 3.50. The molecule has 0 aromatic rings. The van der Waals surface area contributed by atoms with Gasteiger partial charge < -0.3 is 5.73 Å². The second-order valence-electron chi connectivity index (χ2n) is 5.22. The minimum absolute atomic E-state index is 0.0998. The zero-order valence-corrected chi connectivity index (χ0v) is 8.63. The van der Waals surface area contributed by atoms with Crippen LogP contribution in [-0.2, 0) is 4.79 Å². The lowest BCUT2D eigenvalue weighted by atomic mass is 9.36.